The third-order valence-corrected chi connectivity index (χ3v) is 22.9. The maximum Gasteiger partial charge on any atom is 0.0579 e. The first kappa shape index (κ1) is 40.6. The van der Waals surface area contributed by atoms with E-state index < -0.39 is 16.1 Å². The van der Waals surface area contributed by atoms with E-state index in [9.17, 15) is 0 Å². The Kier molecular flexibility index (Phi) is 10.0. The molecule has 0 aromatic heterocycles. The van der Waals surface area contributed by atoms with Crippen LogP contribution >= 0.6 is 0 Å². The van der Waals surface area contributed by atoms with Gasteiger partial charge in [0.1, 0.15) is 0 Å². The van der Waals surface area contributed by atoms with Gasteiger partial charge < -0.3 is 9.80 Å². The van der Waals surface area contributed by atoms with Crippen molar-refractivity contribution in [1.29, 1.82) is 0 Å². The quantitative estimate of drug-likeness (QED) is 0.141. The summed E-state index contributed by atoms with van der Waals surface area (Å²) in [5.74, 6) is 0. The van der Waals surface area contributed by atoms with Crippen molar-refractivity contribution >= 4 is 61.0 Å². The number of rotatable bonds is 8. The van der Waals surface area contributed by atoms with Crippen LogP contribution in [0, 0.1) is 0 Å². The van der Waals surface area contributed by atoms with Crippen molar-refractivity contribution in [2.75, 3.05) is 9.80 Å². The Morgan fingerprint density at radius 3 is 1.22 bits per heavy atom. The summed E-state index contributed by atoms with van der Waals surface area (Å²) in [5.41, 5.74) is 15.8. The largest absolute Gasteiger partial charge is 0.310 e. The summed E-state index contributed by atoms with van der Waals surface area (Å²) < 4.78 is -0.0396. The number of nitrogens with zero attached hydrogens (tertiary/aromatic N) is 2. The normalized spacial score (nSPS) is 13.9. The van der Waals surface area contributed by atoms with E-state index in [1.165, 1.54) is 67.0 Å². The lowest BCUT2D eigenvalue weighted by atomic mass is 9.87. The molecule has 1 aliphatic rings. The first-order valence-electron chi connectivity index (χ1n) is 21.4. The summed E-state index contributed by atoms with van der Waals surface area (Å²) in [6.07, 6.45) is 0. The van der Waals surface area contributed by atoms with Crippen LogP contribution in [0.4, 0.5) is 34.1 Å². The Labute approximate surface area is 356 Å². The molecule has 300 valence electrons. The van der Waals surface area contributed by atoms with Crippen LogP contribution in [0.1, 0.15) is 63.8 Å². The highest BCUT2D eigenvalue weighted by atomic mass is 28.4. The van der Waals surface area contributed by atoms with Crippen molar-refractivity contribution in [2.45, 2.75) is 96.3 Å². The number of anilines is 6. The van der Waals surface area contributed by atoms with Gasteiger partial charge in [0.25, 0.3) is 0 Å². The maximum absolute atomic E-state index is 2.63. The number of hydrogen-bond donors (Lipinski definition) is 0. The summed E-state index contributed by atoms with van der Waals surface area (Å²) in [7, 11) is -4.01. The summed E-state index contributed by atoms with van der Waals surface area (Å²) >= 11 is 0. The number of hydrogen-bond acceptors (Lipinski definition) is 2. The lowest BCUT2D eigenvalue weighted by molar-refractivity contribution is 0.590. The van der Waals surface area contributed by atoms with E-state index in [0.717, 1.165) is 5.69 Å². The van der Waals surface area contributed by atoms with Crippen molar-refractivity contribution in [1.82, 2.24) is 0 Å². The minimum absolute atomic E-state index is 0.0396. The fourth-order valence-electron chi connectivity index (χ4n) is 10.4. The Balaban J connectivity index is 1.33. The monoisotopic (exact) mass is 806 g/mol. The average molecular weight is 807 g/mol. The smallest absolute Gasteiger partial charge is 0.0579 e. The molecule has 1 aliphatic carbocycles. The van der Waals surface area contributed by atoms with Crippen LogP contribution < -0.4 is 9.80 Å². The van der Waals surface area contributed by atoms with Gasteiger partial charge in [0, 0.05) is 38.8 Å². The van der Waals surface area contributed by atoms with Crippen molar-refractivity contribution in [2.24, 2.45) is 0 Å². The third-order valence-electron chi connectivity index (χ3n) is 12.9. The van der Waals surface area contributed by atoms with E-state index in [1.54, 1.807) is 5.56 Å². The Morgan fingerprint density at radius 2 is 0.780 bits per heavy atom. The van der Waals surface area contributed by atoms with Crippen LogP contribution in [0.2, 0.25) is 39.3 Å². The van der Waals surface area contributed by atoms with Gasteiger partial charge in [0.2, 0.25) is 0 Å². The van der Waals surface area contributed by atoms with E-state index in [0.29, 0.717) is 0 Å². The first-order valence-corrected chi connectivity index (χ1v) is 28.4. The van der Waals surface area contributed by atoms with Crippen LogP contribution in [-0.4, -0.2) is 16.1 Å². The van der Waals surface area contributed by atoms with Crippen molar-refractivity contribution in [3.63, 3.8) is 0 Å². The summed E-state index contributed by atoms with van der Waals surface area (Å²) in [5, 5.41) is 2.69. The van der Waals surface area contributed by atoms with Gasteiger partial charge >= 0.3 is 0 Å². The highest BCUT2D eigenvalue weighted by molar-refractivity contribution is 7.00. The van der Waals surface area contributed by atoms with Gasteiger partial charge in [0.05, 0.1) is 16.1 Å². The summed E-state index contributed by atoms with van der Waals surface area (Å²) in [6, 6.07) is 59.6. The second-order valence-electron chi connectivity index (χ2n) is 20.8. The molecule has 0 saturated heterocycles. The molecule has 0 bridgehead atoms. The molecule has 0 saturated carbocycles. The molecule has 7 aromatic carbocycles. The molecular formula is C55H62N2Si2. The Hall–Kier alpha value is -5.17. The Bertz CT molecular complexity index is 2600. The van der Waals surface area contributed by atoms with Crippen LogP contribution in [-0.2, 0) is 15.5 Å². The molecule has 0 atom stereocenters. The number of para-hydroxylation sites is 2. The molecule has 0 N–H and O–H groups in total. The van der Waals surface area contributed by atoms with Gasteiger partial charge in [-0.05, 0) is 128 Å². The van der Waals surface area contributed by atoms with Gasteiger partial charge in [0.15, 0.2) is 0 Å². The van der Waals surface area contributed by atoms with Gasteiger partial charge in [-0.1, -0.05) is 166 Å². The molecule has 0 radical (unpaired) electrons. The molecule has 0 spiro atoms. The topological polar surface area (TPSA) is 6.48 Å². The van der Waals surface area contributed by atoms with Crippen LogP contribution in [0.3, 0.4) is 0 Å². The predicted octanol–water partition coefficient (Wildman–Crippen LogP) is 16.4. The number of benzene rings is 7. The average Bonchev–Trinajstić information content (AvgIpc) is 3.51. The molecule has 0 aliphatic heterocycles. The van der Waals surface area contributed by atoms with Gasteiger partial charge in [-0.15, -0.1) is 0 Å². The zero-order valence-corrected chi connectivity index (χ0v) is 39.4. The molecule has 0 unspecified atom stereocenters. The lowest BCUT2D eigenvalue weighted by Gasteiger charge is -2.51. The van der Waals surface area contributed by atoms with E-state index in [-0.39, 0.29) is 15.5 Å². The van der Waals surface area contributed by atoms with Crippen LogP contribution in [0.15, 0.2) is 158 Å². The Morgan fingerprint density at radius 1 is 0.390 bits per heavy atom. The summed E-state index contributed by atoms with van der Waals surface area (Å²) in [6.45, 7) is 29.5. The van der Waals surface area contributed by atoms with Crippen LogP contribution in [0.5, 0.6) is 0 Å². The van der Waals surface area contributed by atoms with E-state index >= 15 is 0 Å². The van der Waals surface area contributed by atoms with E-state index in [1.807, 2.05) is 0 Å². The SMILES string of the molecule is CC(C)(C)c1ccc(N(c2ccccc2)c2ccc3c(c2)C([Si](C)(C)C)([Si](C)(C)C)c2c-3ccc3cc(N(c4ccccc4)c4ccc(C(C)(C)C)cc4)ccc23)cc1. The van der Waals surface area contributed by atoms with Crippen molar-refractivity contribution < 1.29 is 0 Å². The van der Waals surface area contributed by atoms with E-state index in [4.69, 9.17) is 0 Å². The molecule has 0 amide bonds. The van der Waals surface area contributed by atoms with Crippen LogP contribution in [0.25, 0.3) is 21.9 Å². The van der Waals surface area contributed by atoms with Gasteiger partial charge in [-0.2, -0.15) is 0 Å². The van der Waals surface area contributed by atoms with E-state index in [2.05, 4.69) is 248 Å². The molecule has 59 heavy (non-hydrogen) atoms. The molecule has 0 heterocycles. The second-order valence-corrected chi connectivity index (χ2v) is 31.8. The minimum Gasteiger partial charge on any atom is -0.310 e. The molecule has 7 aromatic rings. The molecule has 2 nitrogen and oxygen atoms in total. The second kappa shape index (κ2) is 14.5. The minimum atomic E-state index is -2.00. The standard InChI is InChI=1S/C55H62N2Si2/c1-53(2,3)40-24-28-44(29-25-40)56(42-19-15-13-16-20-42)46-32-35-48-39(37-46)23-34-50-49-36-33-47(38-51(49)55(52(48)50,58(7,8)9)59(10,11)12)57(43-21-17-14-18-22-43)45-30-26-41(27-31-45)54(4,5)6/h13-38H,1-12H3. The number of fused-ring (bicyclic) bond motifs is 5. The molecule has 8 rings (SSSR count). The predicted molar refractivity (Wildman–Crippen MR) is 264 cm³/mol. The summed E-state index contributed by atoms with van der Waals surface area (Å²) in [4.78, 5) is 4.88. The third kappa shape index (κ3) is 6.98. The maximum atomic E-state index is 2.63. The van der Waals surface area contributed by atoms with Crippen molar-refractivity contribution in [3.05, 3.63) is 180 Å². The zero-order chi connectivity index (χ0) is 42.1. The fourth-order valence-corrected chi connectivity index (χ4v) is 23.5. The molecule has 4 heteroatoms. The fraction of sp³-hybridized carbons (Fsp3) is 0.273. The first-order chi connectivity index (χ1) is 27.8. The van der Waals surface area contributed by atoms with Crippen molar-refractivity contribution in [3.8, 4) is 11.1 Å². The highest BCUT2D eigenvalue weighted by Crippen LogP contribution is 2.60. The molecular weight excluding hydrogens is 745 g/mol. The van der Waals surface area contributed by atoms with Gasteiger partial charge in [-0.3, -0.25) is 0 Å². The zero-order valence-electron chi connectivity index (χ0n) is 37.4. The van der Waals surface area contributed by atoms with Gasteiger partial charge in [-0.25, -0.2) is 0 Å². The molecule has 0 fully saturated rings. The lowest BCUT2D eigenvalue weighted by Crippen LogP contribution is -2.63. The highest BCUT2D eigenvalue weighted by Gasteiger charge is 2.59.